The molecule has 1 unspecified atom stereocenters. The number of carbonyl (C=O) groups is 1. The van der Waals surface area contributed by atoms with E-state index in [9.17, 15) is 13.2 Å². The Kier molecular flexibility index (Phi) is 12.4. The van der Waals surface area contributed by atoms with E-state index in [1.165, 1.54) is 28.4 Å². The van der Waals surface area contributed by atoms with Crippen LogP contribution in [0, 0.1) is 5.92 Å². The first-order chi connectivity index (χ1) is 22.0. The van der Waals surface area contributed by atoms with Crippen molar-refractivity contribution < 1.29 is 17.9 Å². The number of likely N-dealkylation sites (N-methyl/N-ethyl adjacent to an activating group) is 2. The number of piperazine rings is 1. The second kappa shape index (κ2) is 15.9. The summed E-state index contributed by atoms with van der Waals surface area (Å²) >= 11 is 18.5. The van der Waals surface area contributed by atoms with Crippen molar-refractivity contribution in [1.29, 1.82) is 0 Å². The molecule has 2 saturated heterocycles. The van der Waals surface area contributed by atoms with Crippen LogP contribution in [0.2, 0.25) is 15.1 Å². The van der Waals surface area contributed by atoms with Gasteiger partial charge >= 0.3 is 0 Å². The summed E-state index contributed by atoms with van der Waals surface area (Å²) in [6.45, 7) is 5.54. The predicted octanol–water partition coefficient (Wildman–Crippen LogP) is 6.08. The highest BCUT2D eigenvalue weighted by Gasteiger charge is 2.41. The Morgan fingerprint density at radius 2 is 1.63 bits per heavy atom. The Labute approximate surface area is 289 Å². The van der Waals surface area contributed by atoms with Gasteiger partial charge in [0.25, 0.3) is 0 Å². The number of hydrogen-bond acceptors (Lipinski definition) is 6. The summed E-state index contributed by atoms with van der Waals surface area (Å²) in [7, 11) is 0.0931. The molecule has 2 aromatic rings. The molecule has 2 aliphatic heterocycles. The van der Waals surface area contributed by atoms with Crippen LogP contribution in [0.5, 0.6) is 0 Å². The monoisotopic (exact) mass is 712 g/mol. The van der Waals surface area contributed by atoms with E-state index in [-0.39, 0.29) is 44.6 Å². The zero-order chi connectivity index (χ0) is 32.9. The Hall–Kier alpha value is -1.43. The molecule has 0 aromatic heterocycles. The van der Waals surface area contributed by atoms with Crippen LogP contribution in [0.25, 0.3) is 0 Å². The number of ether oxygens (including phenoxy) is 1. The van der Waals surface area contributed by atoms with Gasteiger partial charge in [-0.25, -0.2) is 8.42 Å². The molecular weight excluding hydrogens is 667 g/mol. The minimum Gasteiger partial charge on any atom is -0.370 e. The molecule has 1 atom stereocenters. The third-order valence-electron chi connectivity index (χ3n) is 10.3. The summed E-state index contributed by atoms with van der Waals surface area (Å²) in [6.07, 6.45) is 8.09. The van der Waals surface area contributed by atoms with Gasteiger partial charge in [-0.15, -0.1) is 0 Å². The zero-order valence-electron chi connectivity index (χ0n) is 27.0. The van der Waals surface area contributed by atoms with Crippen molar-refractivity contribution in [3.63, 3.8) is 0 Å². The molecule has 2 heterocycles. The SMILES string of the molecule is CN1CCN(C2(CCc3ccccc3)CCC(CN(C)C(=O)COCC3CCCN3S(=O)(=O)c3c(Cl)cc(Cl)cc3Cl)CC2)CC1. The van der Waals surface area contributed by atoms with Gasteiger partial charge in [-0.2, -0.15) is 4.31 Å². The molecule has 8 nitrogen and oxygen atoms in total. The van der Waals surface area contributed by atoms with Crippen LogP contribution in [0.1, 0.15) is 50.5 Å². The van der Waals surface area contributed by atoms with Gasteiger partial charge in [0.2, 0.25) is 15.9 Å². The van der Waals surface area contributed by atoms with E-state index in [1.54, 1.807) is 4.90 Å². The molecule has 3 aliphatic rings. The number of hydrogen-bond donors (Lipinski definition) is 0. The molecule has 0 spiro atoms. The highest BCUT2D eigenvalue weighted by molar-refractivity contribution is 7.89. The number of nitrogens with zero attached hydrogens (tertiary/aromatic N) is 4. The number of amides is 1. The van der Waals surface area contributed by atoms with Crippen molar-refractivity contribution in [2.24, 2.45) is 5.92 Å². The lowest BCUT2D eigenvalue weighted by Crippen LogP contribution is -2.58. The highest BCUT2D eigenvalue weighted by atomic mass is 35.5. The normalized spacial score (nSPS) is 25.2. The summed E-state index contributed by atoms with van der Waals surface area (Å²) in [6, 6.07) is 13.2. The molecule has 0 bridgehead atoms. The number of rotatable bonds is 12. The molecular formula is C34H47Cl3N4O4S. The van der Waals surface area contributed by atoms with Gasteiger partial charge in [-0.05, 0) is 82.0 Å². The summed E-state index contributed by atoms with van der Waals surface area (Å²) in [5.41, 5.74) is 1.62. The third-order valence-corrected chi connectivity index (χ3v) is 13.4. The van der Waals surface area contributed by atoms with Crippen LogP contribution < -0.4 is 0 Å². The van der Waals surface area contributed by atoms with E-state index in [4.69, 9.17) is 39.5 Å². The minimum absolute atomic E-state index is 0.0134. The number of benzene rings is 2. The second-order valence-corrected chi connectivity index (χ2v) is 16.4. The largest absolute Gasteiger partial charge is 0.370 e. The van der Waals surface area contributed by atoms with Gasteiger partial charge in [0.15, 0.2) is 0 Å². The molecule has 1 amide bonds. The van der Waals surface area contributed by atoms with Crippen LogP contribution in [-0.2, 0) is 26.0 Å². The van der Waals surface area contributed by atoms with Gasteiger partial charge in [0.1, 0.15) is 11.5 Å². The van der Waals surface area contributed by atoms with Crippen LogP contribution >= 0.6 is 34.8 Å². The molecule has 0 N–H and O–H groups in total. The lowest BCUT2D eigenvalue weighted by molar-refractivity contribution is -0.136. The Morgan fingerprint density at radius 3 is 2.28 bits per heavy atom. The average Bonchev–Trinajstić information content (AvgIpc) is 3.51. The van der Waals surface area contributed by atoms with Crippen molar-refractivity contribution in [2.45, 2.75) is 67.8 Å². The van der Waals surface area contributed by atoms with E-state index in [0.29, 0.717) is 31.8 Å². The van der Waals surface area contributed by atoms with E-state index >= 15 is 0 Å². The molecule has 12 heteroatoms. The summed E-state index contributed by atoms with van der Waals surface area (Å²) in [4.78, 5) is 19.9. The molecule has 254 valence electrons. The standard InChI is InChI=1S/C34H47Cl3N4O4S/c1-38-17-19-40(20-18-38)34(13-10-26-7-4-3-5-8-26)14-11-27(12-15-34)23-39(2)32(42)25-45-24-29-9-6-16-41(29)46(43,44)33-30(36)21-28(35)22-31(33)37/h3-5,7-8,21-22,27,29H,6,9-20,23-25H2,1-2H3. The van der Waals surface area contributed by atoms with Gasteiger partial charge in [-0.1, -0.05) is 65.1 Å². The lowest BCUT2D eigenvalue weighted by Gasteiger charge is -2.51. The fraction of sp³-hybridized carbons (Fsp3) is 0.618. The second-order valence-electron chi connectivity index (χ2n) is 13.3. The van der Waals surface area contributed by atoms with Gasteiger partial charge in [0, 0.05) is 62.9 Å². The first-order valence-electron chi connectivity index (χ1n) is 16.4. The van der Waals surface area contributed by atoms with E-state index in [2.05, 4.69) is 47.2 Å². The topological polar surface area (TPSA) is 73.4 Å². The average molecular weight is 714 g/mol. The fourth-order valence-corrected chi connectivity index (χ4v) is 10.7. The lowest BCUT2D eigenvalue weighted by atomic mass is 9.72. The summed E-state index contributed by atoms with van der Waals surface area (Å²) in [5, 5.41) is 0.240. The molecule has 46 heavy (non-hydrogen) atoms. The van der Waals surface area contributed by atoms with Gasteiger partial charge < -0.3 is 14.5 Å². The van der Waals surface area contributed by atoms with Gasteiger partial charge in [-0.3, -0.25) is 9.69 Å². The maximum absolute atomic E-state index is 13.5. The van der Waals surface area contributed by atoms with Gasteiger partial charge in [0.05, 0.1) is 16.7 Å². The molecule has 2 aromatic carbocycles. The predicted molar refractivity (Wildman–Crippen MR) is 185 cm³/mol. The fourth-order valence-electron chi connectivity index (χ4n) is 7.49. The zero-order valence-corrected chi connectivity index (χ0v) is 30.1. The first-order valence-corrected chi connectivity index (χ1v) is 19.0. The van der Waals surface area contributed by atoms with Crippen LogP contribution in [0.15, 0.2) is 47.4 Å². The van der Waals surface area contributed by atoms with Crippen molar-refractivity contribution in [1.82, 2.24) is 19.0 Å². The minimum atomic E-state index is -3.96. The number of aryl methyl sites for hydroxylation is 1. The number of halogens is 3. The summed E-state index contributed by atoms with van der Waals surface area (Å²) in [5.74, 6) is 0.367. The first kappa shape index (κ1) is 35.9. The Morgan fingerprint density at radius 1 is 0.978 bits per heavy atom. The maximum atomic E-state index is 13.5. The molecule has 0 radical (unpaired) electrons. The molecule has 5 rings (SSSR count). The van der Waals surface area contributed by atoms with Crippen molar-refractivity contribution in [3.8, 4) is 0 Å². The molecule has 1 aliphatic carbocycles. The quantitative estimate of drug-likeness (QED) is 0.266. The Balaban J connectivity index is 1.11. The van der Waals surface area contributed by atoms with Crippen molar-refractivity contribution in [3.05, 3.63) is 63.1 Å². The molecule has 3 fully saturated rings. The van der Waals surface area contributed by atoms with E-state index < -0.39 is 16.1 Å². The van der Waals surface area contributed by atoms with E-state index in [1.807, 2.05) is 7.05 Å². The smallest absolute Gasteiger partial charge is 0.248 e. The number of carbonyl (C=O) groups excluding carboxylic acids is 1. The van der Waals surface area contributed by atoms with Crippen LogP contribution in [-0.4, -0.2) is 111 Å². The highest BCUT2D eigenvalue weighted by Crippen LogP contribution is 2.41. The van der Waals surface area contributed by atoms with Crippen LogP contribution in [0.4, 0.5) is 0 Å². The van der Waals surface area contributed by atoms with E-state index in [0.717, 1.165) is 58.3 Å². The third kappa shape index (κ3) is 8.58. The van der Waals surface area contributed by atoms with Crippen molar-refractivity contribution in [2.75, 3.05) is 66.6 Å². The number of sulfonamides is 1. The maximum Gasteiger partial charge on any atom is 0.248 e. The van der Waals surface area contributed by atoms with Crippen LogP contribution in [0.3, 0.4) is 0 Å². The molecule has 1 saturated carbocycles. The summed E-state index contributed by atoms with van der Waals surface area (Å²) < 4.78 is 34.2. The van der Waals surface area contributed by atoms with Crippen molar-refractivity contribution >= 4 is 50.7 Å². The Bertz CT molecular complexity index is 1410.